The summed E-state index contributed by atoms with van der Waals surface area (Å²) >= 11 is 0. The Morgan fingerprint density at radius 2 is 1.23 bits per heavy atom. The summed E-state index contributed by atoms with van der Waals surface area (Å²) in [5.74, 6) is 0.317. The number of benzene rings is 2. The van der Waals surface area contributed by atoms with Crippen LogP contribution in [0.3, 0.4) is 0 Å². The number of carbonyl (C=O) groups is 1. The van der Waals surface area contributed by atoms with Gasteiger partial charge in [-0.2, -0.15) is 0 Å². The zero-order chi connectivity index (χ0) is 21.0. The molecule has 0 radical (unpaired) electrons. The van der Waals surface area contributed by atoms with Gasteiger partial charge in [0.1, 0.15) is 0 Å². The summed E-state index contributed by atoms with van der Waals surface area (Å²) in [6.45, 7) is 2.28. The van der Waals surface area contributed by atoms with Crippen molar-refractivity contribution in [3.05, 3.63) is 59.2 Å². The summed E-state index contributed by atoms with van der Waals surface area (Å²) < 4.78 is 0. The molecule has 0 unspecified atom stereocenters. The molecule has 0 spiro atoms. The average Bonchev–Trinajstić information content (AvgIpc) is 3.14. The highest BCUT2D eigenvalue weighted by molar-refractivity contribution is 5.97. The van der Waals surface area contributed by atoms with Crippen molar-refractivity contribution in [1.82, 2.24) is 0 Å². The highest BCUT2D eigenvalue weighted by Gasteiger charge is 2.19. The maximum atomic E-state index is 12.6. The minimum absolute atomic E-state index is 0.317. The number of unbranched alkanes of at least 4 members (excludes halogenated alkanes) is 12. The van der Waals surface area contributed by atoms with Gasteiger partial charge in [-0.3, -0.25) is 4.79 Å². The summed E-state index contributed by atoms with van der Waals surface area (Å²) in [7, 11) is 0. The molecule has 30 heavy (non-hydrogen) atoms. The van der Waals surface area contributed by atoms with Gasteiger partial charge in [-0.25, -0.2) is 0 Å². The zero-order valence-corrected chi connectivity index (χ0v) is 19.1. The maximum absolute atomic E-state index is 12.6. The topological polar surface area (TPSA) is 17.1 Å². The van der Waals surface area contributed by atoms with Gasteiger partial charge in [0, 0.05) is 12.0 Å². The molecule has 0 amide bonds. The van der Waals surface area contributed by atoms with Gasteiger partial charge in [0.05, 0.1) is 0 Å². The van der Waals surface area contributed by atoms with Crippen molar-refractivity contribution in [3.63, 3.8) is 0 Å². The Hall–Kier alpha value is -1.89. The van der Waals surface area contributed by atoms with E-state index in [0.29, 0.717) is 12.2 Å². The van der Waals surface area contributed by atoms with Crippen LogP contribution in [0.25, 0.3) is 11.1 Å². The van der Waals surface area contributed by atoms with Crippen molar-refractivity contribution in [1.29, 1.82) is 0 Å². The Labute approximate surface area is 184 Å². The number of rotatable bonds is 15. The minimum Gasteiger partial charge on any atom is -0.294 e. The molecule has 2 aromatic carbocycles. The lowest BCUT2D eigenvalue weighted by molar-refractivity contribution is 0.0979. The number of Topliss-reactive ketones (excluding diaryl/α,β-unsaturated/α-hetero) is 1. The highest BCUT2D eigenvalue weighted by Crippen LogP contribution is 2.36. The van der Waals surface area contributed by atoms with Crippen LogP contribution < -0.4 is 0 Å². The Kier molecular flexibility index (Phi) is 9.67. The standard InChI is InChI=1S/C29H40O/c1-2-3-4-5-6-7-8-9-10-11-12-13-14-19-29(30)25-20-21-28-26(23-25)22-24-17-15-16-18-27(24)28/h15-18,20-21,23H,2-14,19,22H2,1H3. The van der Waals surface area contributed by atoms with Crippen LogP contribution in [0.2, 0.25) is 0 Å². The van der Waals surface area contributed by atoms with Crippen LogP contribution in [-0.4, -0.2) is 5.78 Å². The van der Waals surface area contributed by atoms with Gasteiger partial charge >= 0.3 is 0 Å². The van der Waals surface area contributed by atoms with E-state index >= 15 is 0 Å². The van der Waals surface area contributed by atoms with Crippen LogP contribution in [-0.2, 0) is 6.42 Å². The first kappa shape index (κ1) is 22.8. The molecule has 0 saturated carbocycles. The van der Waals surface area contributed by atoms with Gasteiger partial charge < -0.3 is 0 Å². The first-order chi connectivity index (χ1) is 14.8. The fourth-order valence-corrected chi connectivity index (χ4v) is 4.77. The molecule has 0 fully saturated rings. The third-order valence-corrected chi connectivity index (χ3v) is 6.62. The first-order valence-electron chi connectivity index (χ1n) is 12.5. The minimum atomic E-state index is 0.317. The molecular formula is C29H40O. The molecule has 3 rings (SSSR count). The molecule has 0 aliphatic heterocycles. The SMILES string of the molecule is CCCCCCCCCCCCCCCC(=O)c1ccc2c(c1)Cc1ccccc1-2. The molecule has 1 heteroatoms. The van der Waals surface area contributed by atoms with Crippen LogP contribution in [0.1, 0.15) is 118 Å². The van der Waals surface area contributed by atoms with Gasteiger partial charge in [-0.15, -0.1) is 0 Å². The number of carbonyl (C=O) groups excluding carboxylic acids is 1. The second kappa shape index (κ2) is 12.7. The van der Waals surface area contributed by atoms with Crippen LogP contribution in [0.4, 0.5) is 0 Å². The molecule has 1 aliphatic rings. The fourth-order valence-electron chi connectivity index (χ4n) is 4.77. The van der Waals surface area contributed by atoms with Crippen molar-refractivity contribution >= 4 is 5.78 Å². The smallest absolute Gasteiger partial charge is 0.162 e. The van der Waals surface area contributed by atoms with Crippen molar-refractivity contribution in [2.45, 2.75) is 103 Å². The second-order valence-corrected chi connectivity index (χ2v) is 9.12. The molecule has 0 bridgehead atoms. The molecular weight excluding hydrogens is 364 g/mol. The van der Waals surface area contributed by atoms with Crippen molar-refractivity contribution in [2.75, 3.05) is 0 Å². The lowest BCUT2D eigenvalue weighted by Gasteiger charge is -2.06. The third-order valence-electron chi connectivity index (χ3n) is 6.62. The van der Waals surface area contributed by atoms with Gasteiger partial charge in [0.25, 0.3) is 0 Å². The van der Waals surface area contributed by atoms with E-state index in [4.69, 9.17) is 0 Å². The molecule has 0 heterocycles. The maximum Gasteiger partial charge on any atom is 0.162 e. The summed E-state index contributed by atoms with van der Waals surface area (Å²) in [6, 6.07) is 14.9. The largest absolute Gasteiger partial charge is 0.294 e. The fraction of sp³-hybridized carbons (Fsp3) is 0.552. The number of fused-ring (bicyclic) bond motifs is 3. The van der Waals surface area contributed by atoms with Crippen molar-refractivity contribution in [3.8, 4) is 11.1 Å². The van der Waals surface area contributed by atoms with E-state index in [0.717, 1.165) is 18.4 Å². The average molecular weight is 405 g/mol. The summed E-state index contributed by atoms with van der Waals surface area (Å²) in [5.41, 5.74) is 6.24. The number of ketones is 1. The zero-order valence-electron chi connectivity index (χ0n) is 19.1. The molecule has 0 atom stereocenters. The third kappa shape index (κ3) is 6.83. The van der Waals surface area contributed by atoms with Crippen LogP contribution in [0, 0.1) is 0 Å². The summed E-state index contributed by atoms with van der Waals surface area (Å²) in [5, 5.41) is 0. The van der Waals surface area contributed by atoms with E-state index in [2.05, 4.69) is 43.3 Å². The molecule has 1 aliphatic carbocycles. The van der Waals surface area contributed by atoms with Gasteiger partial charge in [-0.05, 0) is 41.2 Å². The van der Waals surface area contributed by atoms with Gasteiger partial charge in [0.15, 0.2) is 5.78 Å². The Bertz CT molecular complexity index is 789. The lowest BCUT2D eigenvalue weighted by atomic mass is 9.98. The molecule has 0 aromatic heterocycles. The van der Waals surface area contributed by atoms with Gasteiger partial charge in [0.2, 0.25) is 0 Å². The molecule has 0 N–H and O–H groups in total. The normalized spacial score (nSPS) is 12.0. The van der Waals surface area contributed by atoms with Crippen molar-refractivity contribution < 1.29 is 4.79 Å². The Morgan fingerprint density at radius 1 is 0.667 bits per heavy atom. The summed E-state index contributed by atoms with van der Waals surface area (Å²) in [4.78, 5) is 12.6. The highest BCUT2D eigenvalue weighted by atomic mass is 16.1. The van der Waals surface area contributed by atoms with E-state index in [1.807, 2.05) is 6.07 Å². The predicted octanol–water partition coefficient (Wildman–Crippen LogP) is 8.92. The Morgan fingerprint density at radius 3 is 1.90 bits per heavy atom. The van der Waals surface area contributed by atoms with Crippen molar-refractivity contribution in [2.24, 2.45) is 0 Å². The Balaban J connectivity index is 1.24. The predicted molar refractivity (Wildman–Crippen MR) is 129 cm³/mol. The number of hydrogen-bond acceptors (Lipinski definition) is 1. The van der Waals surface area contributed by atoms with Crippen LogP contribution in [0.15, 0.2) is 42.5 Å². The van der Waals surface area contributed by atoms with E-state index in [1.165, 1.54) is 99.3 Å². The van der Waals surface area contributed by atoms with Crippen LogP contribution in [0.5, 0.6) is 0 Å². The van der Waals surface area contributed by atoms with Crippen LogP contribution >= 0.6 is 0 Å². The summed E-state index contributed by atoms with van der Waals surface area (Å²) in [6.07, 6.45) is 19.1. The van der Waals surface area contributed by atoms with E-state index in [1.54, 1.807) is 0 Å². The quantitative estimate of drug-likeness (QED) is 0.182. The van der Waals surface area contributed by atoms with Gasteiger partial charge in [-0.1, -0.05) is 120 Å². The monoisotopic (exact) mass is 404 g/mol. The second-order valence-electron chi connectivity index (χ2n) is 9.12. The molecule has 1 nitrogen and oxygen atoms in total. The molecule has 0 saturated heterocycles. The molecule has 162 valence electrons. The van der Waals surface area contributed by atoms with E-state index < -0.39 is 0 Å². The molecule has 2 aromatic rings. The lowest BCUT2D eigenvalue weighted by Crippen LogP contribution is -2.00. The van der Waals surface area contributed by atoms with E-state index in [9.17, 15) is 4.79 Å². The van der Waals surface area contributed by atoms with E-state index in [-0.39, 0.29) is 0 Å². The first-order valence-corrected chi connectivity index (χ1v) is 12.5. The number of hydrogen-bond donors (Lipinski definition) is 0.